The molecular weight excluding hydrogens is 486 g/mol. The minimum absolute atomic E-state index is 0.0206. The Labute approximate surface area is 211 Å². The van der Waals surface area contributed by atoms with E-state index in [4.69, 9.17) is 9.47 Å². The number of carbonyl (C=O) groups excluding carboxylic acids is 2. The second kappa shape index (κ2) is 11.3. The number of likely N-dealkylation sites (tertiary alicyclic amines) is 1. The third-order valence-electron chi connectivity index (χ3n) is 5.62. The van der Waals surface area contributed by atoms with Crippen molar-refractivity contribution < 1.29 is 32.7 Å². The Kier molecular flexibility index (Phi) is 8.59. The summed E-state index contributed by atoms with van der Waals surface area (Å²) < 4.78 is 36.8. The highest BCUT2D eigenvalue weighted by atomic mass is 32.2. The topological polar surface area (TPSA) is 125 Å². The summed E-state index contributed by atoms with van der Waals surface area (Å²) in [6, 6.07) is 12.3. The highest BCUT2D eigenvalue weighted by Gasteiger charge is 2.31. The van der Waals surface area contributed by atoms with Crippen LogP contribution in [0.15, 0.2) is 58.3 Å². The lowest BCUT2D eigenvalue weighted by Gasteiger charge is -2.24. The monoisotopic (exact) mass is 519 g/mol. The average molecular weight is 520 g/mol. The molecule has 1 aliphatic rings. The number of hydrogen-bond donors (Lipinski definition) is 2. The van der Waals surface area contributed by atoms with Crippen LogP contribution in [0.5, 0.6) is 5.75 Å². The Morgan fingerprint density at radius 2 is 1.81 bits per heavy atom. The van der Waals surface area contributed by atoms with Crippen LogP contribution in [-0.2, 0) is 25.9 Å². The first kappa shape index (κ1) is 27.4. The number of carbonyl (C=O) groups is 2. The lowest BCUT2D eigenvalue weighted by Crippen LogP contribution is -2.40. The van der Waals surface area contributed by atoms with E-state index in [9.17, 15) is 23.2 Å². The van der Waals surface area contributed by atoms with Crippen molar-refractivity contribution in [2.75, 3.05) is 20.2 Å². The number of rotatable bonds is 8. The Hall–Kier alpha value is -3.15. The molecule has 1 saturated heterocycles. The van der Waals surface area contributed by atoms with Crippen molar-refractivity contribution in [3.63, 3.8) is 0 Å². The molecule has 2 aromatic rings. The second-order valence-corrected chi connectivity index (χ2v) is 11.6. The van der Waals surface area contributed by atoms with Crippen LogP contribution < -0.4 is 10.2 Å². The zero-order valence-electron chi connectivity index (χ0n) is 20.9. The molecule has 0 bridgehead atoms. The molecule has 2 aromatic carbocycles. The van der Waals surface area contributed by atoms with Crippen molar-refractivity contribution in [1.82, 2.24) is 15.5 Å². The van der Waals surface area contributed by atoms with Gasteiger partial charge in [-0.05, 0) is 69.0 Å². The Balaban J connectivity index is 1.59. The number of amides is 2. The number of benzene rings is 2. The molecule has 1 aliphatic heterocycles. The van der Waals surface area contributed by atoms with E-state index in [1.54, 1.807) is 56.0 Å². The molecule has 2 N–H and O–H groups in total. The van der Waals surface area contributed by atoms with Crippen molar-refractivity contribution >= 4 is 21.8 Å². The highest BCUT2D eigenvalue weighted by Crippen LogP contribution is 2.26. The summed E-state index contributed by atoms with van der Waals surface area (Å²) in [5.74, 6) is 0.0145. The molecular formula is C25H33N3O7S. The van der Waals surface area contributed by atoms with Crippen LogP contribution in [0.2, 0.25) is 0 Å². The Bertz CT molecular complexity index is 1180. The van der Waals surface area contributed by atoms with Gasteiger partial charge in [0, 0.05) is 19.5 Å². The number of methoxy groups -OCH3 is 1. The molecule has 1 unspecified atom stereocenters. The third kappa shape index (κ3) is 7.19. The molecule has 3 rings (SSSR count). The van der Waals surface area contributed by atoms with Gasteiger partial charge in [0.2, 0.25) is 15.7 Å². The van der Waals surface area contributed by atoms with E-state index < -0.39 is 27.4 Å². The number of hydrogen-bond acceptors (Lipinski definition) is 8. The first-order valence-corrected chi connectivity index (χ1v) is 13.1. The lowest BCUT2D eigenvalue weighted by atomic mass is 10.1. The third-order valence-corrected chi connectivity index (χ3v) is 7.49. The van der Waals surface area contributed by atoms with Gasteiger partial charge in [-0.25, -0.2) is 13.2 Å². The lowest BCUT2D eigenvalue weighted by molar-refractivity contribution is -0.166. The van der Waals surface area contributed by atoms with Gasteiger partial charge in [-0.15, -0.1) is 0 Å². The van der Waals surface area contributed by atoms with Gasteiger partial charge >= 0.3 is 6.09 Å². The van der Waals surface area contributed by atoms with Crippen LogP contribution >= 0.6 is 0 Å². The number of ether oxygens (including phenoxy) is 2. The van der Waals surface area contributed by atoms with Crippen molar-refractivity contribution in [2.45, 2.75) is 55.5 Å². The zero-order valence-corrected chi connectivity index (χ0v) is 21.7. The van der Waals surface area contributed by atoms with Crippen molar-refractivity contribution in [1.29, 1.82) is 0 Å². The maximum atomic E-state index is 13.2. The molecule has 0 aliphatic carbocycles. The normalized spacial score (nSPS) is 16.2. The first-order chi connectivity index (χ1) is 16.9. The number of hydroxylamine groups is 1. The molecule has 1 fully saturated rings. The van der Waals surface area contributed by atoms with E-state index in [0.29, 0.717) is 36.0 Å². The number of nitrogens with one attached hydrogen (secondary N) is 1. The van der Waals surface area contributed by atoms with E-state index in [1.807, 2.05) is 0 Å². The zero-order chi connectivity index (χ0) is 26.5. The number of hydrazine groups is 1. The van der Waals surface area contributed by atoms with Gasteiger partial charge in [-0.1, -0.05) is 23.4 Å². The van der Waals surface area contributed by atoms with E-state index in [1.165, 1.54) is 25.3 Å². The van der Waals surface area contributed by atoms with E-state index in [-0.39, 0.29) is 28.7 Å². The molecule has 0 saturated carbocycles. The van der Waals surface area contributed by atoms with Crippen LogP contribution in [0.4, 0.5) is 4.79 Å². The summed E-state index contributed by atoms with van der Waals surface area (Å²) in [5, 5.41) is 10.9. The van der Waals surface area contributed by atoms with Crippen LogP contribution in [0.3, 0.4) is 0 Å². The van der Waals surface area contributed by atoms with Crippen LogP contribution in [0, 0.1) is 5.92 Å². The highest BCUT2D eigenvalue weighted by molar-refractivity contribution is 7.91. The fourth-order valence-electron chi connectivity index (χ4n) is 3.92. The molecule has 0 aromatic heterocycles. The van der Waals surface area contributed by atoms with Gasteiger partial charge in [0.15, 0.2) is 0 Å². The summed E-state index contributed by atoms with van der Waals surface area (Å²) in [7, 11) is -2.38. The smallest absolute Gasteiger partial charge is 0.410 e. The average Bonchev–Trinajstić information content (AvgIpc) is 3.26. The molecule has 1 atom stereocenters. The van der Waals surface area contributed by atoms with E-state index >= 15 is 0 Å². The summed E-state index contributed by atoms with van der Waals surface area (Å²) in [6.07, 6.45) is 0.326. The minimum Gasteiger partial charge on any atom is -0.497 e. The van der Waals surface area contributed by atoms with Gasteiger partial charge in [-0.3, -0.25) is 15.4 Å². The molecule has 0 radical (unpaired) electrons. The van der Waals surface area contributed by atoms with Crippen LogP contribution in [0.1, 0.15) is 39.2 Å². The standard InChI is InChI=1S/C25H33N3O7S/c1-25(2,3)35-24(30)27-14-13-18(16-27)15-23(29)26-28(31)17-19-7-5-6-8-22(19)36(32,33)21-11-9-20(34-4)10-12-21/h5-12,18,31H,13-17H2,1-4H3,(H,26,29). The molecule has 36 heavy (non-hydrogen) atoms. The second-order valence-electron chi connectivity index (χ2n) is 9.66. The predicted octanol–water partition coefficient (Wildman–Crippen LogP) is 3.40. The Morgan fingerprint density at radius 3 is 2.44 bits per heavy atom. The number of nitrogens with zero attached hydrogens (tertiary/aromatic N) is 2. The number of sulfone groups is 1. The fourth-order valence-corrected chi connectivity index (χ4v) is 5.41. The Morgan fingerprint density at radius 1 is 1.14 bits per heavy atom. The van der Waals surface area contributed by atoms with Gasteiger partial charge in [0.25, 0.3) is 0 Å². The molecule has 0 spiro atoms. The summed E-state index contributed by atoms with van der Waals surface area (Å²) in [6.45, 7) is 6.02. The molecule has 196 valence electrons. The van der Waals surface area contributed by atoms with Gasteiger partial charge in [-0.2, -0.15) is 0 Å². The maximum Gasteiger partial charge on any atom is 0.410 e. The maximum absolute atomic E-state index is 13.2. The van der Waals surface area contributed by atoms with E-state index in [2.05, 4.69) is 5.43 Å². The van der Waals surface area contributed by atoms with Gasteiger partial charge in [0.05, 0.1) is 23.4 Å². The fraction of sp³-hybridized carbons (Fsp3) is 0.440. The van der Waals surface area contributed by atoms with Crippen LogP contribution in [0.25, 0.3) is 0 Å². The van der Waals surface area contributed by atoms with Gasteiger partial charge in [0.1, 0.15) is 11.4 Å². The summed E-state index contributed by atoms with van der Waals surface area (Å²) in [4.78, 5) is 26.4. The SMILES string of the molecule is COc1ccc(S(=O)(=O)c2ccccc2CN(O)NC(=O)CC2CCN(C(=O)OC(C)(C)C)C2)cc1. The van der Waals surface area contributed by atoms with Crippen LogP contribution in [-0.4, -0.2) is 61.5 Å². The minimum atomic E-state index is -3.87. The van der Waals surface area contributed by atoms with Crippen molar-refractivity contribution in [3.8, 4) is 5.75 Å². The van der Waals surface area contributed by atoms with Gasteiger partial charge < -0.3 is 14.4 Å². The van der Waals surface area contributed by atoms with Crippen molar-refractivity contribution in [2.24, 2.45) is 5.92 Å². The molecule has 10 nitrogen and oxygen atoms in total. The quantitative estimate of drug-likeness (QED) is 0.509. The molecule has 11 heteroatoms. The molecule has 1 heterocycles. The summed E-state index contributed by atoms with van der Waals surface area (Å²) in [5.41, 5.74) is 2.09. The summed E-state index contributed by atoms with van der Waals surface area (Å²) >= 11 is 0. The van der Waals surface area contributed by atoms with E-state index in [0.717, 1.165) is 0 Å². The predicted molar refractivity (Wildman–Crippen MR) is 131 cm³/mol. The first-order valence-electron chi connectivity index (χ1n) is 11.6. The molecule has 2 amide bonds. The largest absolute Gasteiger partial charge is 0.497 e. The van der Waals surface area contributed by atoms with Crippen molar-refractivity contribution in [3.05, 3.63) is 54.1 Å².